The highest BCUT2D eigenvalue weighted by Crippen LogP contribution is 2.25. The lowest BCUT2D eigenvalue weighted by atomic mass is 10.1. The highest BCUT2D eigenvalue weighted by molar-refractivity contribution is 7.80. The molecule has 3 aromatic rings. The highest BCUT2D eigenvalue weighted by Gasteiger charge is 2.14. The molecule has 166 valence electrons. The van der Waals surface area contributed by atoms with Gasteiger partial charge < -0.3 is 19.5 Å². The van der Waals surface area contributed by atoms with Gasteiger partial charge in [-0.15, -0.1) is 0 Å². The minimum Gasteiger partial charge on any atom is -0.497 e. The molecular weight excluding hydrogens is 424 g/mol. The summed E-state index contributed by atoms with van der Waals surface area (Å²) in [6.07, 6.45) is 0.972. The van der Waals surface area contributed by atoms with E-state index in [1.807, 2.05) is 36.4 Å². The number of carbonyl (C=O) groups is 1. The first-order chi connectivity index (χ1) is 15.5. The maximum atomic E-state index is 12.9. The fourth-order valence-electron chi connectivity index (χ4n) is 3.06. The predicted molar refractivity (Wildman–Crippen MR) is 130 cm³/mol. The summed E-state index contributed by atoms with van der Waals surface area (Å²) in [7, 11) is 3.13. The number of hydrogen-bond acceptors (Lipinski definition) is 5. The summed E-state index contributed by atoms with van der Waals surface area (Å²) in [5.74, 6) is 1.64. The second kappa shape index (κ2) is 11.2. The maximum Gasteiger partial charge on any atom is 0.257 e. The van der Waals surface area contributed by atoms with E-state index in [1.165, 1.54) is 5.56 Å². The molecule has 7 heteroatoms. The van der Waals surface area contributed by atoms with Crippen LogP contribution in [0.4, 0.5) is 5.69 Å². The van der Waals surface area contributed by atoms with Gasteiger partial charge in [0.1, 0.15) is 23.9 Å². The third-order valence-electron chi connectivity index (χ3n) is 4.82. The van der Waals surface area contributed by atoms with Crippen LogP contribution in [0.15, 0.2) is 66.7 Å². The number of aryl methyl sites for hydroxylation is 1. The van der Waals surface area contributed by atoms with Crippen LogP contribution in [0.2, 0.25) is 0 Å². The summed E-state index contributed by atoms with van der Waals surface area (Å²) >= 11 is 5.32. The van der Waals surface area contributed by atoms with Gasteiger partial charge in [-0.25, -0.2) is 0 Å². The van der Waals surface area contributed by atoms with Crippen molar-refractivity contribution in [2.45, 2.75) is 20.0 Å². The summed E-state index contributed by atoms with van der Waals surface area (Å²) in [6, 6.07) is 20.5. The molecule has 0 aromatic heterocycles. The SMILES string of the molecule is CCc1ccc(OCc2ccccc2C(=O)NC(=S)Nc2cc(OC)cc(OC)c2)cc1. The summed E-state index contributed by atoms with van der Waals surface area (Å²) in [4.78, 5) is 12.9. The quantitative estimate of drug-likeness (QED) is 0.472. The van der Waals surface area contributed by atoms with Crippen LogP contribution in [0.3, 0.4) is 0 Å². The topological polar surface area (TPSA) is 68.8 Å². The van der Waals surface area contributed by atoms with Crippen molar-refractivity contribution in [1.29, 1.82) is 0 Å². The highest BCUT2D eigenvalue weighted by atomic mass is 32.1. The first kappa shape index (κ1) is 23.1. The molecule has 0 unspecified atom stereocenters. The van der Waals surface area contributed by atoms with Gasteiger partial charge in [-0.2, -0.15) is 0 Å². The Morgan fingerprint density at radius 2 is 1.56 bits per heavy atom. The molecule has 0 fully saturated rings. The third-order valence-corrected chi connectivity index (χ3v) is 5.03. The minimum atomic E-state index is -0.321. The number of ether oxygens (including phenoxy) is 3. The normalized spacial score (nSPS) is 10.2. The Morgan fingerprint density at radius 3 is 2.19 bits per heavy atom. The van der Waals surface area contributed by atoms with Crippen LogP contribution in [-0.2, 0) is 13.0 Å². The van der Waals surface area contributed by atoms with E-state index >= 15 is 0 Å². The van der Waals surface area contributed by atoms with Gasteiger partial charge in [-0.3, -0.25) is 10.1 Å². The van der Waals surface area contributed by atoms with Crippen LogP contribution < -0.4 is 24.8 Å². The van der Waals surface area contributed by atoms with E-state index in [0.29, 0.717) is 22.7 Å². The number of methoxy groups -OCH3 is 2. The molecule has 0 saturated heterocycles. The van der Waals surface area contributed by atoms with E-state index in [4.69, 9.17) is 26.4 Å². The molecule has 0 aliphatic heterocycles. The molecular formula is C25H26N2O4S. The van der Waals surface area contributed by atoms with Crippen molar-refractivity contribution in [2.75, 3.05) is 19.5 Å². The lowest BCUT2D eigenvalue weighted by Crippen LogP contribution is -2.34. The lowest BCUT2D eigenvalue weighted by molar-refractivity contribution is 0.0975. The van der Waals surface area contributed by atoms with Gasteiger partial charge in [0.15, 0.2) is 5.11 Å². The number of amides is 1. The van der Waals surface area contributed by atoms with Crippen molar-refractivity contribution in [1.82, 2.24) is 5.32 Å². The van der Waals surface area contributed by atoms with E-state index in [2.05, 4.69) is 17.6 Å². The van der Waals surface area contributed by atoms with Crippen LogP contribution >= 0.6 is 12.2 Å². The molecule has 3 rings (SSSR count). The van der Waals surface area contributed by atoms with Crippen molar-refractivity contribution in [3.8, 4) is 17.2 Å². The van der Waals surface area contributed by atoms with Crippen molar-refractivity contribution >= 4 is 28.9 Å². The van der Waals surface area contributed by atoms with E-state index in [9.17, 15) is 4.79 Å². The molecule has 1 amide bonds. The van der Waals surface area contributed by atoms with Crippen LogP contribution in [0.5, 0.6) is 17.2 Å². The summed E-state index contributed by atoms with van der Waals surface area (Å²) in [5, 5.41) is 5.87. The van der Waals surface area contributed by atoms with Crippen molar-refractivity contribution in [3.05, 3.63) is 83.4 Å². The average molecular weight is 451 g/mol. The zero-order valence-corrected chi connectivity index (χ0v) is 19.1. The Labute approximate surface area is 193 Å². The summed E-state index contributed by atoms with van der Waals surface area (Å²) in [6.45, 7) is 2.37. The Hall–Kier alpha value is -3.58. The molecule has 3 aromatic carbocycles. The largest absolute Gasteiger partial charge is 0.497 e. The molecule has 2 N–H and O–H groups in total. The van der Waals surface area contributed by atoms with E-state index in [-0.39, 0.29) is 17.6 Å². The van der Waals surface area contributed by atoms with Crippen LogP contribution in [0, 0.1) is 0 Å². The van der Waals surface area contributed by atoms with Crippen LogP contribution in [0.1, 0.15) is 28.4 Å². The van der Waals surface area contributed by atoms with Crippen molar-refractivity contribution < 1.29 is 19.0 Å². The number of benzene rings is 3. The zero-order valence-electron chi connectivity index (χ0n) is 18.3. The first-order valence-electron chi connectivity index (χ1n) is 10.2. The van der Waals surface area contributed by atoms with Gasteiger partial charge in [-0.05, 0) is 42.4 Å². The monoisotopic (exact) mass is 450 g/mol. The maximum absolute atomic E-state index is 12.9. The first-order valence-corrected chi connectivity index (χ1v) is 10.6. The molecule has 32 heavy (non-hydrogen) atoms. The van der Waals surface area contributed by atoms with Gasteiger partial charge in [0.05, 0.1) is 14.2 Å². The molecule has 0 saturated carbocycles. The Balaban J connectivity index is 1.65. The van der Waals surface area contributed by atoms with Gasteiger partial charge in [0.25, 0.3) is 5.91 Å². The van der Waals surface area contributed by atoms with Crippen molar-refractivity contribution in [3.63, 3.8) is 0 Å². The molecule has 0 heterocycles. The fourth-order valence-corrected chi connectivity index (χ4v) is 3.27. The van der Waals surface area contributed by atoms with Crippen LogP contribution in [-0.4, -0.2) is 25.2 Å². The molecule has 0 aliphatic rings. The smallest absolute Gasteiger partial charge is 0.257 e. The fraction of sp³-hybridized carbons (Fsp3) is 0.200. The molecule has 6 nitrogen and oxygen atoms in total. The lowest BCUT2D eigenvalue weighted by Gasteiger charge is -2.14. The molecule has 0 aliphatic carbocycles. The van der Waals surface area contributed by atoms with Gasteiger partial charge in [0, 0.05) is 35.0 Å². The number of anilines is 1. The van der Waals surface area contributed by atoms with E-state index in [0.717, 1.165) is 17.7 Å². The second-order valence-electron chi connectivity index (χ2n) is 6.95. The molecule has 0 spiro atoms. The van der Waals surface area contributed by atoms with Gasteiger partial charge >= 0.3 is 0 Å². The number of hydrogen-bond donors (Lipinski definition) is 2. The number of nitrogens with one attached hydrogen (secondary N) is 2. The Bertz CT molecular complexity index is 1060. The third kappa shape index (κ3) is 6.21. The molecule has 0 atom stereocenters. The van der Waals surface area contributed by atoms with Crippen molar-refractivity contribution in [2.24, 2.45) is 0 Å². The van der Waals surface area contributed by atoms with Gasteiger partial charge in [0.2, 0.25) is 0 Å². The van der Waals surface area contributed by atoms with Gasteiger partial charge in [-0.1, -0.05) is 37.3 Å². The minimum absolute atomic E-state index is 0.163. The van der Waals surface area contributed by atoms with E-state index < -0.39 is 0 Å². The Morgan fingerprint density at radius 1 is 0.906 bits per heavy atom. The predicted octanol–water partition coefficient (Wildman–Crippen LogP) is 4.97. The summed E-state index contributed by atoms with van der Waals surface area (Å²) < 4.78 is 16.4. The molecule has 0 bridgehead atoms. The van der Waals surface area contributed by atoms with Crippen LogP contribution in [0.25, 0.3) is 0 Å². The standard InChI is InChI=1S/C25H26N2O4S/c1-4-17-9-11-20(12-10-17)31-16-18-7-5-6-8-23(18)24(28)27-25(32)26-19-13-21(29-2)15-22(14-19)30-3/h5-15H,4,16H2,1-3H3,(H2,26,27,28,32). The van der Waals surface area contributed by atoms with E-state index in [1.54, 1.807) is 44.6 Å². The average Bonchev–Trinajstić information content (AvgIpc) is 2.82. The zero-order chi connectivity index (χ0) is 22.9. The Kier molecular flexibility index (Phi) is 8.05. The number of carbonyl (C=O) groups excluding carboxylic acids is 1. The summed E-state index contributed by atoms with van der Waals surface area (Å²) in [5.41, 5.74) is 3.13. The number of rotatable bonds is 8. The number of thiocarbonyl (C=S) groups is 1. The molecule has 0 radical (unpaired) electrons. The second-order valence-corrected chi connectivity index (χ2v) is 7.36.